The van der Waals surface area contributed by atoms with Gasteiger partial charge in [0.15, 0.2) is 0 Å². The minimum Gasteiger partial charge on any atom is -0.394 e. The van der Waals surface area contributed by atoms with Gasteiger partial charge in [0.2, 0.25) is 0 Å². The van der Waals surface area contributed by atoms with Crippen molar-refractivity contribution in [1.29, 1.82) is 0 Å². The third-order valence-electron chi connectivity index (χ3n) is 2.81. The zero-order valence-corrected chi connectivity index (χ0v) is 11.8. The van der Waals surface area contributed by atoms with Crippen LogP contribution in [-0.2, 0) is 0 Å². The average Bonchev–Trinajstić information content (AvgIpc) is 2.33. The molecule has 0 aliphatic heterocycles. The van der Waals surface area contributed by atoms with Crippen LogP contribution in [-0.4, -0.2) is 70.0 Å². The van der Waals surface area contributed by atoms with Crippen LogP contribution in [0.4, 0.5) is 0 Å². The fourth-order valence-electron chi connectivity index (χ4n) is 1.15. The van der Waals surface area contributed by atoms with Crippen LogP contribution in [0.15, 0.2) is 0 Å². The van der Waals surface area contributed by atoms with Crippen LogP contribution in [0.3, 0.4) is 0 Å². The second kappa shape index (κ2) is 7.37. The zero-order valence-electron chi connectivity index (χ0n) is 11.8. The van der Waals surface area contributed by atoms with E-state index in [4.69, 9.17) is 10.2 Å². The molecular formula is C12H28N2O4. The number of nitrogens with one attached hydrogen (secondary N) is 2. The van der Waals surface area contributed by atoms with Crippen LogP contribution in [0.2, 0.25) is 0 Å². The normalized spacial score (nSPS) is 16.7. The molecule has 0 aliphatic rings. The summed E-state index contributed by atoms with van der Waals surface area (Å²) in [6.45, 7) is 7.50. The Morgan fingerprint density at radius 2 is 1.06 bits per heavy atom. The maximum Gasteiger partial charge on any atom is 0.0935 e. The molecule has 0 aromatic carbocycles. The number of rotatable bonds is 9. The highest BCUT2D eigenvalue weighted by molar-refractivity contribution is 4.83. The van der Waals surface area contributed by atoms with Gasteiger partial charge < -0.3 is 31.1 Å². The fraction of sp³-hybridized carbons (Fsp3) is 1.00. The molecule has 0 radical (unpaired) electrons. The highest BCUT2D eigenvalue weighted by atomic mass is 16.3. The van der Waals surface area contributed by atoms with Gasteiger partial charge >= 0.3 is 0 Å². The molecule has 0 bridgehead atoms. The molecule has 0 amide bonds. The molecule has 0 heterocycles. The van der Waals surface area contributed by atoms with E-state index in [1.807, 2.05) is 0 Å². The van der Waals surface area contributed by atoms with Crippen molar-refractivity contribution in [3.8, 4) is 0 Å². The van der Waals surface area contributed by atoms with Crippen molar-refractivity contribution >= 4 is 0 Å². The Balaban J connectivity index is 4.00. The molecule has 0 rings (SSSR count). The summed E-state index contributed by atoms with van der Waals surface area (Å²) in [5.41, 5.74) is -0.975. The Bertz CT molecular complexity index is 210. The van der Waals surface area contributed by atoms with E-state index in [0.29, 0.717) is 0 Å². The van der Waals surface area contributed by atoms with Crippen molar-refractivity contribution in [3.05, 3.63) is 0 Å². The molecule has 0 saturated heterocycles. The lowest BCUT2D eigenvalue weighted by Gasteiger charge is -2.29. The van der Waals surface area contributed by atoms with Crippen molar-refractivity contribution in [2.45, 2.75) is 51.0 Å². The molecule has 6 heteroatoms. The Morgan fingerprint density at radius 1 is 0.778 bits per heavy atom. The first-order chi connectivity index (χ1) is 8.13. The number of β-amino-alcohol motifs (C(OH)–C–C–N with tert-alkyl or cyclic N) is 2. The van der Waals surface area contributed by atoms with Crippen molar-refractivity contribution in [1.82, 2.24) is 10.6 Å². The van der Waals surface area contributed by atoms with Crippen molar-refractivity contribution in [3.63, 3.8) is 0 Å². The summed E-state index contributed by atoms with van der Waals surface area (Å²) in [5, 5.41) is 43.5. The largest absolute Gasteiger partial charge is 0.394 e. The van der Waals surface area contributed by atoms with E-state index in [9.17, 15) is 10.2 Å². The van der Waals surface area contributed by atoms with E-state index in [1.165, 1.54) is 0 Å². The van der Waals surface area contributed by atoms with Gasteiger partial charge in [-0.05, 0) is 27.7 Å². The molecular weight excluding hydrogens is 236 g/mol. The maximum atomic E-state index is 9.75. The number of aliphatic hydroxyl groups excluding tert-OH is 4. The second-order valence-corrected chi connectivity index (χ2v) is 5.98. The summed E-state index contributed by atoms with van der Waals surface area (Å²) >= 11 is 0. The quantitative estimate of drug-likeness (QED) is 0.301. The van der Waals surface area contributed by atoms with Gasteiger partial charge in [-0.2, -0.15) is 0 Å². The number of hydrogen-bond acceptors (Lipinski definition) is 6. The molecule has 18 heavy (non-hydrogen) atoms. The highest BCUT2D eigenvalue weighted by Crippen LogP contribution is 2.03. The molecule has 6 nitrogen and oxygen atoms in total. The Hall–Kier alpha value is -0.240. The first-order valence-electron chi connectivity index (χ1n) is 6.21. The van der Waals surface area contributed by atoms with Gasteiger partial charge in [-0.25, -0.2) is 0 Å². The summed E-state index contributed by atoms with van der Waals surface area (Å²) in [5.74, 6) is 0. The predicted octanol–water partition coefficient (Wildman–Crippen LogP) is -1.57. The molecule has 2 unspecified atom stereocenters. The molecule has 0 aromatic rings. The summed E-state index contributed by atoms with van der Waals surface area (Å²) in [7, 11) is 0. The molecule has 110 valence electrons. The van der Waals surface area contributed by atoms with Gasteiger partial charge in [0.1, 0.15) is 0 Å². The summed E-state index contributed by atoms with van der Waals surface area (Å²) in [6, 6.07) is 0. The highest BCUT2D eigenvalue weighted by Gasteiger charge is 2.23. The minimum atomic E-state index is -0.933. The summed E-state index contributed by atoms with van der Waals surface area (Å²) < 4.78 is 0. The molecule has 0 spiro atoms. The molecule has 0 aromatic heterocycles. The van der Waals surface area contributed by atoms with Crippen LogP contribution < -0.4 is 10.6 Å². The predicted molar refractivity (Wildman–Crippen MR) is 70.3 cm³/mol. The monoisotopic (exact) mass is 264 g/mol. The smallest absolute Gasteiger partial charge is 0.0935 e. The standard InChI is InChI=1S/C12H28N2O4/c1-11(2,7-15)13-5-9(17)10(18)6-14-12(3,4)8-16/h9-10,13-18H,5-8H2,1-4H3. The fourth-order valence-corrected chi connectivity index (χ4v) is 1.15. The topological polar surface area (TPSA) is 105 Å². The molecule has 2 atom stereocenters. The van der Waals surface area contributed by atoms with Crippen LogP contribution in [0, 0.1) is 0 Å². The molecule has 0 aliphatic carbocycles. The lowest BCUT2D eigenvalue weighted by Crippen LogP contribution is -2.52. The van der Waals surface area contributed by atoms with Crippen LogP contribution in [0.25, 0.3) is 0 Å². The third-order valence-corrected chi connectivity index (χ3v) is 2.81. The first kappa shape index (κ1) is 17.8. The van der Waals surface area contributed by atoms with Gasteiger partial charge in [-0.1, -0.05) is 0 Å². The van der Waals surface area contributed by atoms with Crippen LogP contribution >= 0.6 is 0 Å². The molecule has 0 fully saturated rings. The third kappa shape index (κ3) is 7.25. The van der Waals surface area contributed by atoms with E-state index in [-0.39, 0.29) is 26.3 Å². The SMILES string of the molecule is CC(C)(CO)NCC(O)C(O)CNC(C)(C)CO. The van der Waals surface area contributed by atoms with E-state index < -0.39 is 23.3 Å². The van der Waals surface area contributed by atoms with Gasteiger partial charge in [0, 0.05) is 24.2 Å². The van der Waals surface area contributed by atoms with E-state index in [0.717, 1.165) is 0 Å². The van der Waals surface area contributed by atoms with Crippen LogP contribution in [0.1, 0.15) is 27.7 Å². The molecule has 6 N–H and O–H groups in total. The molecule has 0 saturated carbocycles. The number of hydrogen-bond donors (Lipinski definition) is 6. The van der Waals surface area contributed by atoms with Gasteiger partial charge in [0.05, 0.1) is 25.4 Å². The second-order valence-electron chi connectivity index (χ2n) is 5.98. The lowest BCUT2D eigenvalue weighted by atomic mass is 10.0. The lowest BCUT2D eigenvalue weighted by molar-refractivity contribution is 0.00918. The summed E-state index contributed by atoms with van der Waals surface area (Å²) in [6.07, 6.45) is -1.87. The average molecular weight is 264 g/mol. The van der Waals surface area contributed by atoms with Crippen molar-refractivity contribution < 1.29 is 20.4 Å². The van der Waals surface area contributed by atoms with E-state index >= 15 is 0 Å². The Morgan fingerprint density at radius 3 is 1.28 bits per heavy atom. The van der Waals surface area contributed by atoms with Gasteiger partial charge in [-0.15, -0.1) is 0 Å². The van der Waals surface area contributed by atoms with Crippen molar-refractivity contribution in [2.75, 3.05) is 26.3 Å². The minimum absolute atomic E-state index is 0.0500. The Labute approximate surface area is 109 Å². The maximum absolute atomic E-state index is 9.75. The summed E-state index contributed by atoms with van der Waals surface area (Å²) in [4.78, 5) is 0. The van der Waals surface area contributed by atoms with Gasteiger partial charge in [-0.3, -0.25) is 0 Å². The van der Waals surface area contributed by atoms with Gasteiger partial charge in [0.25, 0.3) is 0 Å². The Kier molecular flexibility index (Phi) is 7.28. The van der Waals surface area contributed by atoms with E-state index in [1.54, 1.807) is 27.7 Å². The van der Waals surface area contributed by atoms with Crippen molar-refractivity contribution in [2.24, 2.45) is 0 Å². The van der Waals surface area contributed by atoms with Crippen LogP contribution in [0.5, 0.6) is 0 Å². The first-order valence-corrected chi connectivity index (χ1v) is 6.21. The van der Waals surface area contributed by atoms with E-state index in [2.05, 4.69) is 10.6 Å². The number of aliphatic hydroxyl groups is 4. The zero-order chi connectivity index (χ0) is 14.4.